The van der Waals surface area contributed by atoms with Crippen molar-refractivity contribution < 1.29 is 8.42 Å². The number of pyridine rings is 1. The maximum atomic E-state index is 12.6. The van der Waals surface area contributed by atoms with E-state index in [1.54, 1.807) is 17.5 Å². The molecule has 0 bridgehead atoms. The van der Waals surface area contributed by atoms with Crippen molar-refractivity contribution in [3.63, 3.8) is 0 Å². The number of fused-ring (bicyclic) bond motifs is 1. The van der Waals surface area contributed by atoms with Crippen LogP contribution >= 0.6 is 11.3 Å². The van der Waals surface area contributed by atoms with Gasteiger partial charge in [0.25, 0.3) is 15.6 Å². The van der Waals surface area contributed by atoms with Gasteiger partial charge in [-0.3, -0.25) is 9.69 Å². The molecule has 3 aromatic rings. The first-order valence-corrected chi connectivity index (χ1v) is 10.7. The fourth-order valence-electron chi connectivity index (χ4n) is 3.22. The fraction of sp³-hybridized carbons (Fsp3) is 0.278. The van der Waals surface area contributed by atoms with Crippen molar-refractivity contribution >= 4 is 32.3 Å². The fourth-order valence-corrected chi connectivity index (χ4v) is 5.78. The van der Waals surface area contributed by atoms with Crippen LogP contribution in [0.25, 0.3) is 10.9 Å². The number of H-pyrrole nitrogens is 1. The van der Waals surface area contributed by atoms with Crippen LogP contribution in [0, 0.1) is 0 Å². The van der Waals surface area contributed by atoms with Crippen LogP contribution in [0.4, 0.5) is 0 Å². The lowest BCUT2D eigenvalue weighted by Crippen LogP contribution is -2.48. The summed E-state index contributed by atoms with van der Waals surface area (Å²) in [6.07, 6.45) is 0. The SMILES string of the molecule is O=c1[nH]c2ccccc2cc1CN1CCN(S(=O)(=O)c2cccs2)CC1. The molecule has 1 N–H and O–H groups in total. The van der Waals surface area contributed by atoms with Crippen LogP contribution in [0.1, 0.15) is 5.56 Å². The Bertz CT molecular complexity index is 1070. The first kappa shape index (κ1) is 17.4. The molecule has 26 heavy (non-hydrogen) atoms. The van der Waals surface area contributed by atoms with Crippen LogP contribution in [0.15, 0.2) is 56.8 Å². The van der Waals surface area contributed by atoms with E-state index in [0.717, 1.165) is 10.9 Å². The third kappa shape index (κ3) is 3.33. The predicted molar refractivity (Wildman–Crippen MR) is 103 cm³/mol. The van der Waals surface area contributed by atoms with Crippen molar-refractivity contribution in [1.82, 2.24) is 14.2 Å². The van der Waals surface area contributed by atoms with Crippen LogP contribution < -0.4 is 5.56 Å². The van der Waals surface area contributed by atoms with E-state index in [-0.39, 0.29) is 5.56 Å². The van der Waals surface area contributed by atoms with Crippen molar-refractivity contribution in [3.05, 3.63) is 63.8 Å². The highest BCUT2D eigenvalue weighted by Gasteiger charge is 2.29. The van der Waals surface area contributed by atoms with Crippen molar-refractivity contribution in [3.8, 4) is 0 Å². The quantitative estimate of drug-likeness (QED) is 0.742. The van der Waals surface area contributed by atoms with E-state index in [1.165, 1.54) is 15.6 Å². The number of thiophene rings is 1. The van der Waals surface area contributed by atoms with Crippen molar-refractivity contribution in [2.45, 2.75) is 10.8 Å². The molecule has 1 aromatic carbocycles. The number of sulfonamides is 1. The molecule has 0 spiro atoms. The molecule has 0 radical (unpaired) electrons. The largest absolute Gasteiger partial charge is 0.322 e. The van der Waals surface area contributed by atoms with Crippen LogP contribution in [-0.4, -0.2) is 48.8 Å². The Morgan fingerprint density at radius 2 is 1.81 bits per heavy atom. The molecule has 0 amide bonds. The van der Waals surface area contributed by atoms with E-state index in [2.05, 4.69) is 9.88 Å². The molecule has 4 rings (SSSR count). The lowest BCUT2D eigenvalue weighted by Gasteiger charge is -2.33. The highest BCUT2D eigenvalue weighted by Crippen LogP contribution is 2.22. The highest BCUT2D eigenvalue weighted by atomic mass is 32.2. The Hall–Kier alpha value is -2.00. The third-order valence-electron chi connectivity index (χ3n) is 4.64. The zero-order valence-electron chi connectivity index (χ0n) is 14.1. The molecular weight excluding hydrogens is 370 g/mol. The summed E-state index contributed by atoms with van der Waals surface area (Å²) in [6, 6.07) is 13.0. The summed E-state index contributed by atoms with van der Waals surface area (Å²) in [5.74, 6) is 0. The summed E-state index contributed by atoms with van der Waals surface area (Å²) in [5, 5.41) is 2.77. The number of aromatic amines is 1. The van der Waals surface area contributed by atoms with Gasteiger partial charge in [0.1, 0.15) is 4.21 Å². The molecule has 3 heterocycles. The van der Waals surface area contributed by atoms with E-state index in [4.69, 9.17) is 0 Å². The molecule has 136 valence electrons. The van der Waals surface area contributed by atoms with Gasteiger partial charge in [-0.05, 0) is 29.0 Å². The van der Waals surface area contributed by atoms with Gasteiger partial charge in [0.05, 0.1) is 0 Å². The predicted octanol–water partition coefficient (Wildman–Crippen LogP) is 2.10. The normalized spacial score (nSPS) is 16.9. The molecule has 0 aliphatic carbocycles. The standard InChI is InChI=1S/C18H19N3O3S2/c22-18-15(12-14-4-1-2-5-16(14)19-18)13-20-7-9-21(10-8-20)26(23,24)17-6-3-11-25-17/h1-6,11-12H,7-10,13H2,(H,19,22). The maximum Gasteiger partial charge on any atom is 0.252 e. The Morgan fingerprint density at radius 1 is 1.04 bits per heavy atom. The second kappa shape index (κ2) is 6.96. The second-order valence-corrected chi connectivity index (χ2v) is 9.44. The molecular formula is C18H19N3O3S2. The zero-order chi connectivity index (χ0) is 18.1. The van der Waals surface area contributed by atoms with Crippen LogP contribution in [0.5, 0.6) is 0 Å². The number of nitrogens with zero attached hydrogens (tertiary/aromatic N) is 2. The molecule has 1 saturated heterocycles. The van der Waals surface area contributed by atoms with Gasteiger partial charge < -0.3 is 4.98 Å². The number of benzene rings is 1. The van der Waals surface area contributed by atoms with Gasteiger partial charge in [0.2, 0.25) is 0 Å². The Kier molecular flexibility index (Phi) is 4.66. The van der Waals surface area contributed by atoms with Gasteiger partial charge in [0.15, 0.2) is 0 Å². The molecule has 0 unspecified atom stereocenters. The van der Waals surface area contributed by atoms with E-state index < -0.39 is 10.0 Å². The van der Waals surface area contributed by atoms with Crippen LogP contribution in [0.3, 0.4) is 0 Å². The minimum absolute atomic E-state index is 0.0858. The average molecular weight is 390 g/mol. The van der Waals surface area contributed by atoms with Gasteiger partial charge in [-0.15, -0.1) is 11.3 Å². The molecule has 2 aromatic heterocycles. The monoisotopic (exact) mass is 389 g/mol. The molecule has 0 saturated carbocycles. The minimum atomic E-state index is -3.39. The zero-order valence-corrected chi connectivity index (χ0v) is 15.7. The van der Waals surface area contributed by atoms with Crippen molar-refractivity contribution in [2.75, 3.05) is 26.2 Å². The van der Waals surface area contributed by atoms with Crippen LogP contribution in [-0.2, 0) is 16.6 Å². The highest BCUT2D eigenvalue weighted by molar-refractivity contribution is 7.91. The lowest BCUT2D eigenvalue weighted by atomic mass is 10.1. The first-order chi connectivity index (χ1) is 12.5. The number of hydrogen-bond donors (Lipinski definition) is 1. The first-order valence-electron chi connectivity index (χ1n) is 8.41. The molecule has 6 nitrogen and oxygen atoms in total. The van der Waals surface area contributed by atoms with E-state index in [1.807, 2.05) is 30.3 Å². The van der Waals surface area contributed by atoms with Gasteiger partial charge in [-0.1, -0.05) is 24.3 Å². The Morgan fingerprint density at radius 3 is 2.54 bits per heavy atom. The number of para-hydroxylation sites is 1. The summed E-state index contributed by atoms with van der Waals surface area (Å²) >= 11 is 1.24. The maximum absolute atomic E-state index is 12.6. The van der Waals surface area contributed by atoms with E-state index >= 15 is 0 Å². The van der Waals surface area contributed by atoms with E-state index in [9.17, 15) is 13.2 Å². The summed E-state index contributed by atoms with van der Waals surface area (Å²) in [5.41, 5.74) is 1.45. The van der Waals surface area contributed by atoms with Crippen molar-refractivity contribution in [2.24, 2.45) is 0 Å². The number of hydrogen-bond acceptors (Lipinski definition) is 5. The van der Waals surface area contributed by atoms with Gasteiger partial charge in [-0.25, -0.2) is 8.42 Å². The second-order valence-electron chi connectivity index (χ2n) is 6.32. The number of aromatic nitrogens is 1. The number of nitrogens with one attached hydrogen (secondary N) is 1. The number of piperazine rings is 1. The van der Waals surface area contributed by atoms with E-state index in [0.29, 0.717) is 42.5 Å². The van der Waals surface area contributed by atoms with Crippen LogP contribution in [0.2, 0.25) is 0 Å². The Balaban J connectivity index is 1.46. The smallest absolute Gasteiger partial charge is 0.252 e. The minimum Gasteiger partial charge on any atom is -0.322 e. The molecule has 1 aliphatic rings. The van der Waals surface area contributed by atoms with Gasteiger partial charge in [-0.2, -0.15) is 4.31 Å². The summed E-state index contributed by atoms with van der Waals surface area (Å²) in [4.78, 5) is 17.3. The lowest BCUT2D eigenvalue weighted by molar-refractivity contribution is 0.181. The average Bonchev–Trinajstić information content (AvgIpc) is 3.18. The summed E-state index contributed by atoms with van der Waals surface area (Å²) < 4.78 is 27.1. The molecule has 8 heteroatoms. The summed E-state index contributed by atoms with van der Waals surface area (Å²) in [7, 11) is -3.39. The molecule has 1 fully saturated rings. The van der Waals surface area contributed by atoms with Gasteiger partial charge in [0, 0.05) is 43.8 Å². The summed E-state index contributed by atoms with van der Waals surface area (Å²) in [6.45, 7) is 2.61. The van der Waals surface area contributed by atoms with Gasteiger partial charge >= 0.3 is 0 Å². The topological polar surface area (TPSA) is 73.5 Å². The molecule has 0 atom stereocenters. The number of rotatable bonds is 4. The van der Waals surface area contributed by atoms with Crippen molar-refractivity contribution in [1.29, 1.82) is 0 Å². The third-order valence-corrected chi connectivity index (χ3v) is 7.92. The Labute approximate surface area is 155 Å². The molecule has 1 aliphatic heterocycles.